The lowest BCUT2D eigenvalue weighted by molar-refractivity contribution is 0.398. The fraction of sp³-hybridized carbons (Fsp3) is 0.647. The summed E-state index contributed by atoms with van der Waals surface area (Å²) >= 11 is 0. The number of rotatable bonds is 10. The molecule has 0 aliphatic heterocycles. The van der Waals surface area contributed by atoms with Crippen molar-refractivity contribution in [2.75, 3.05) is 14.2 Å². The maximum Gasteiger partial charge on any atom is 0.134 e. The molecule has 2 nitrogen and oxygen atoms in total. The molecular weight excluding hydrogens is 272 g/mol. The van der Waals surface area contributed by atoms with Gasteiger partial charge in [0.2, 0.25) is 0 Å². The van der Waals surface area contributed by atoms with Crippen LogP contribution in [0.15, 0.2) is 12.1 Å². The standard InChI is InChI=1S/C17H27F2NO/c1-4-5-6-7-8-9-10-16(20-2)17-14(18)11-13(21-3)12-15(17)19/h11-12,16,20H,4-10H2,1-3H3. The highest BCUT2D eigenvalue weighted by Crippen LogP contribution is 2.28. The first-order chi connectivity index (χ1) is 10.1. The minimum atomic E-state index is -0.544. The van der Waals surface area contributed by atoms with Crippen LogP contribution in [0.5, 0.6) is 5.75 Å². The van der Waals surface area contributed by atoms with E-state index in [0.29, 0.717) is 0 Å². The molecule has 0 radical (unpaired) electrons. The van der Waals surface area contributed by atoms with Crippen LogP contribution in [-0.4, -0.2) is 14.2 Å². The van der Waals surface area contributed by atoms with Crippen molar-refractivity contribution in [1.29, 1.82) is 0 Å². The van der Waals surface area contributed by atoms with Crippen molar-refractivity contribution < 1.29 is 13.5 Å². The number of halogens is 2. The van der Waals surface area contributed by atoms with E-state index in [4.69, 9.17) is 4.74 Å². The van der Waals surface area contributed by atoms with Gasteiger partial charge in [-0.15, -0.1) is 0 Å². The molecule has 0 fully saturated rings. The van der Waals surface area contributed by atoms with E-state index in [-0.39, 0.29) is 17.4 Å². The monoisotopic (exact) mass is 299 g/mol. The third-order valence-electron chi connectivity index (χ3n) is 3.83. The Morgan fingerprint density at radius 2 is 1.62 bits per heavy atom. The molecule has 0 amide bonds. The fourth-order valence-corrected chi connectivity index (χ4v) is 2.57. The van der Waals surface area contributed by atoms with Crippen LogP contribution in [-0.2, 0) is 0 Å². The van der Waals surface area contributed by atoms with Crippen molar-refractivity contribution >= 4 is 0 Å². The fourth-order valence-electron chi connectivity index (χ4n) is 2.57. The third-order valence-corrected chi connectivity index (χ3v) is 3.83. The van der Waals surface area contributed by atoms with Crippen LogP contribution in [0.2, 0.25) is 0 Å². The predicted molar refractivity (Wildman–Crippen MR) is 82.7 cm³/mol. The van der Waals surface area contributed by atoms with Gasteiger partial charge in [-0.25, -0.2) is 8.78 Å². The lowest BCUT2D eigenvalue weighted by Gasteiger charge is -2.18. The lowest BCUT2D eigenvalue weighted by Crippen LogP contribution is -2.19. The van der Waals surface area contributed by atoms with E-state index in [1.165, 1.54) is 44.9 Å². The van der Waals surface area contributed by atoms with Crippen molar-refractivity contribution in [3.05, 3.63) is 29.3 Å². The average molecular weight is 299 g/mol. The molecule has 1 atom stereocenters. The van der Waals surface area contributed by atoms with Crippen molar-refractivity contribution in [2.45, 2.75) is 57.9 Å². The van der Waals surface area contributed by atoms with Crippen LogP contribution in [0, 0.1) is 11.6 Å². The summed E-state index contributed by atoms with van der Waals surface area (Å²) in [4.78, 5) is 0. The van der Waals surface area contributed by atoms with Gasteiger partial charge in [-0.3, -0.25) is 0 Å². The molecule has 4 heteroatoms. The number of hydrogen-bond donors (Lipinski definition) is 1. The zero-order chi connectivity index (χ0) is 15.7. The van der Waals surface area contributed by atoms with E-state index >= 15 is 0 Å². The Labute approximate surface area is 126 Å². The molecule has 1 rings (SSSR count). The first kappa shape index (κ1) is 17.9. The van der Waals surface area contributed by atoms with Crippen LogP contribution in [0.3, 0.4) is 0 Å². The summed E-state index contributed by atoms with van der Waals surface area (Å²) in [5.74, 6) is -0.877. The van der Waals surface area contributed by atoms with E-state index in [0.717, 1.165) is 19.3 Å². The van der Waals surface area contributed by atoms with Gasteiger partial charge in [0, 0.05) is 23.7 Å². The molecule has 1 N–H and O–H groups in total. The van der Waals surface area contributed by atoms with Crippen molar-refractivity contribution in [2.24, 2.45) is 0 Å². The highest BCUT2D eigenvalue weighted by Gasteiger charge is 2.19. The van der Waals surface area contributed by atoms with Crippen LogP contribution in [0.1, 0.15) is 63.5 Å². The molecule has 0 aromatic heterocycles. The Hall–Kier alpha value is -1.16. The molecule has 21 heavy (non-hydrogen) atoms. The van der Waals surface area contributed by atoms with Gasteiger partial charge >= 0.3 is 0 Å². The van der Waals surface area contributed by atoms with E-state index < -0.39 is 11.6 Å². The molecule has 0 bridgehead atoms. The third kappa shape index (κ3) is 5.62. The Bertz CT molecular complexity index is 400. The Morgan fingerprint density at radius 3 is 2.14 bits per heavy atom. The number of ether oxygens (including phenoxy) is 1. The van der Waals surface area contributed by atoms with Crippen LogP contribution in [0.4, 0.5) is 8.78 Å². The maximum atomic E-state index is 14.1. The molecule has 1 aromatic carbocycles. The Balaban J connectivity index is 2.59. The minimum absolute atomic E-state index is 0.117. The molecule has 0 heterocycles. The van der Waals surface area contributed by atoms with Gasteiger partial charge in [-0.2, -0.15) is 0 Å². The first-order valence-corrected chi connectivity index (χ1v) is 7.84. The van der Waals surface area contributed by atoms with Gasteiger partial charge in [0.05, 0.1) is 7.11 Å². The molecule has 0 aliphatic carbocycles. The number of methoxy groups -OCH3 is 1. The van der Waals surface area contributed by atoms with E-state index in [1.54, 1.807) is 7.05 Å². The molecular formula is C17H27F2NO. The molecule has 120 valence electrons. The van der Waals surface area contributed by atoms with Crippen molar-refractivity contribution in [3.63, 3.8) is 0 Å². The summed E-state index contributed by atoms with van der Waals surface area (Å²) < 4.78 is 33.0. The molecule has 1 unspecified atom stereocenters. The van der Waals surface area contributed by atoms with Crippen LogP contribution in [0.25, 0.3) is 0 Å². The van der Waals surface area contributed by atoms with E-state index in [1.807, 2.05) is 0 Å². The summed E-state index contributed by atoms with van der Waals surface area (Å²) in [6.45, 7) is 2.19. The predicted octanol–water partition coefficient (Wildman–Crippen LogP) is 4.98. The average Bonchev–Trinajstić information content (AvgIpc) is 2.47. The lowest BCUT2D eigenvalue weighted by atomic mass is 9.98. The highest BCUT2D eigenvalue weighted by atomic mass is 19.1. The number of benzene rings is 1. The van der Waals surface area contributed by atoms with Crippen molar-refractivity contribution in [1.82, 2.24) is 5.32 Å². The molecule has 0 spiro atoms. The quantitative estimate of drug-likeness (QED) is 0.615. The van der Waals surface area contributed by atoms with Gasteiger partial charge in [-0.1, -0.05) is 45.4 Å². The van der Waals surface area contributed by atoms with E-state index in [2.05, 4.69) is 12.2 Å². The number of hydrogen-bond acceptors (Lipinski definition) is 2. The van der Waals surface area contributed by atoms with Crippen molar-refractivity contribution in [3.8, 4) is 5.75 Å². The molecule has 0 aliphatic rings. The maximum absolute atomic E-state index is 14.1. The zero-order valence-corrected chi connectivity index (χ0v) is 13.3. The Kier molecular flexibility index (Phi) is 8.28. The van der Waals surface area contributed by atoms with Gasteiger partial charge in [0.25, 0.3) is 0 Å². The Morgan fingerprint density at radius 1 is 1.05 bits per heavy atom. The second-order valence-corrected chi connectivity index (χ2v) is 5.40. The summed E-state index contributed by atoms with van der Waals surface area (Å²) in [5, 5.41) is 3.02. The second kappa shape index (κ2) is 9.72. The number of unbranched alkanes of at least 4 members (excludes halogenated alkanes) is 5. The smallest absolute Gasteiger partial charge is 0.134 e. The summed E-state index contributed by atoms with van der Waals surface area (Å²) in [6.07, 6.45) is 7.74. The molecule has 0 saturated heterocycles. The van der Waals surface area contributed by atoms with Gasteiger partial charge in [-0.05, 0) is 13.5 Å². The number of nitrogens with one attached hydrogen (secondary N) is 1. The normalized spacial score (nSPS) is 12.4. The molecule has 0 saturated carbocycles. The van der Waals surface area contributed by atoms with Crippen LogP contribution >= 0.6 is 0 Å². The second-order valence-electron chi connectivity index (χ2n) is 5.40. The van der Waals surface area contributed by atoms with E-state index in [9.17, 15) is 8.78 Å². The summed E-state index contributed by atoms with van der Waals surface area (Å²) in [5.41, 5.74) is 0.117. The largest absolute Gasteiger partial charge is 0.497 e. The summed E-state index contributed by atoms with van der Waals surface area (Å²) in [6, 6.07) is 2.19. The van der Waals surface area contributed by atoms with Crippen LogP contribution < -0.4 is 10.1 Å². The topological polar surface area (TPSA) is 21.3 Å². The zero-order valence-electron chi connectivity index (χ0n) is 13.3. The first-order valence-electron chi connectivity index (χ1n) is 7.84. The molecule has 1 aromatic rings. The summed E-state index contributed by atoms with van der Waals surface area (Å²) in [7, 11) is 3.14. The van der Waals surface area contributed by atoms with Gasteiger partial charge in [0.1, 0.15) is 17.4 Å². The van der Waals surface area contributed by atoms with Gasteiger partial charge < -0.3 is 10.1 Å². The van der Waals surface area contributed by atoms with Gasteiger partial charge in [0.15, 0.2) is 0 Å². The minimum Gasteiger partial charge on any atom is -0.497 e. The highest BCUT2D eigenvalue weighted by molar-refractivity contribution is 5.32. The SMILES string of the molecule is CCCCCCCCC(NC)c1c(F)cc(OC)cc1F.